The molecule has 3 heteroatoms. The molecule has 0 aliphatic rings. The van der Waals surface area contributed by atoms with Gasteiger partial charge in [0.1, 0.15) is 17.4 Å². The summed E-state index contributed by atoms with van der Waals surface area (Å²) in [6.45, 7) is 3.98. The van der Waals surface area contributed by atoms with E-state index in [1.807, 2.05) is 32.0 Å². The van der Waals surface area contributed by atoms with Crippen LogP contribution >= 0.6 is 0 Å². The van der Waals surface area contributed by atoms with Gasteiger partial charge >= 0.3 is 5.97 Å². The van der Waals surface area contributed by atoms with Gasteiger partial charge in [0.05, 0.1) is 0 Å². The van der Waals surface area contributed by atoms with Crippen molar-refractivity contribution in [1.82, 2.24) is 0 Å². The lowest BCUT2D eigenvalue weighted by molar-refractivity contribution is 0.0689. The minimum absolute atomic E-state index is 0.172. The maximum atomic E-state index is 11.4. The molecular formula is C22H20O3. The molecule has 3 nitrogen and oxygen atoms in total. The molecule has 0 heterocycles. The maximum absolute atomic E-state index is 11.4. The van der Waals surface area contributed by atoms with Crippen LogP contribution in [0.3, 0.4) is 0 Å². The molecular weight excluding hydrogens is 312 g/mol. The number of carboxylic acids is 1. The van der Waals surface area contributed by atoms with Crippen LogP contribution in [0.2, 0.25) is 0 Å². The summed E-state index contributed by atoms with van der Waals surface area (Å²) in [4.78, 5) is 11.4. The Bertz CT molecular complexity index is 885. The van der Waals surface area contributed by atoms with Crippen molar-refractivity contribution >= 4 is 5.97 Å². The fraction of sp³-hybridized carbons (Fsp3) is 0.136. The van der Waals surface area contributed by atoms with Gasteiger partial charge in [-0.3, -0.25) is 0 Å². The Kier molecular flexibility index (Phi) is 4.85. The second-order valence-electron chi connectivity index (χ2n) is 6.06. The highest BCUT2D eigenvalue weighted by Gasteiger charge is 2.15. The molecule has 3 aromatic carbocycles. The average molecular weight is 332 g/mol. The molecule has 25 heavy (non-hydrogen) atoms. The topological polar surface area (TPSA) is 46.5 Å². The minimum Gasteiger partial charge on any atom is -0.485 e. The summed E-state index contributed by atoms with van der Waals surface area (Å²) in [6, 6.07) is 23.2. The Labute approximate surface area is 147 Å². The third kappa shape index (κ3) is 3.89. The lowest BCUT2D eigenvalue weighted by Gasteiger charge is -2.18. The van der Waals surface area contributed by atoms with Crippen LogP contribution in [0.5, 0.6) is 5.75 Å². The number of para-hydroxylation sites is 1. The molecule has 3 aromatic rings. The summed E-state index contributed by atoms with van der Waals surface area (Å²) in [6.07, 6.45) is -0.261. The zero-order valence-corrected chi connectivity index (χ0v) is 14.3. The maximum Gasteiger partial charge on any atom is 0.339 e. The fourth-order valence-corrected chi connectivity index (χ4v) is 2.85. The Hall–Kier alpha value is -3.07. The lowest BCUT2D eigenvalue weighted by atomic mass is 9.98. The second kappa shape index (κ2) is 7.22. The number of carboxylic acid groups (broad SMARTS) is 1. The molecule has 0 amide bonds. The molecule has 0 radical (unpaired) electrons. The molecule has 0 bridgehead atoms. The zero-order valence-electron chi connectivity index (χ0n) is 14.3. The van der Waals surface area contributed by atoms with Crippen LogP contribution in [-0.4, -0.2) is 11.1 Å². The molecule has 0 saturated carbocycles. The first-order valence-corrected chi connectivity index (χ1v) is 8.20. The molecule has 1 atom stereocenters. The van der Waals surface area contributed by atoms with Crippen LogP contribution < -0.4 is 4.74 Å². The van der Waals surface area contributed by atoms with Crippen molar-refractivity contribution in [3.8, 4) is 16.9 Å². The Morgan fingerprint density at radius 2 is 1.60 bits per heavy atom. The highest BCUT2D eigenvalue weighted by Crippen LogP contribution is 2.29. The third-order valence-corrected chi connectivity index (χ3v) is 4.10. The number of carbonyl (C=O) groups is 1. The highest BCUT2D eigenvalue weighted by molar-refractivity contribution is 5.90. The summed E-state index contributed by atoms with van der Waals surface area (Å²) in [7, 11) is 0. The van der Waals surface area contributed by atoms with E-state index >= 15 is 0 Å². The largest absolute Gasteiger partial charge is 0.485 e. The number of benzene rings is 3. The van der Waals surface area contributed by atoms with Gasteiger partial charge in [-0.25, -0.2) is 4.79 Å². The van der Waals surface area contributed by atoms with Gasteiger partial charge in [0, 0.05) is 0 Å². The zero-order chi connectivity index (χ0) is 17.8. The number of aromatic carboxylic acids is 1. The summed E-state index contributed by atoms with van der Waals surface area (Å²) in [5.74, 6) is -0.609. The van der Waals surface area contributed by atoms with E-state index in [0.29, 0.717) is 5.75 Å². The van der Waals surface area contributed by atoms with Crippen LogP contribution in [0, 0.1) is 6.92 Å². The van der Waals surface area contributed by atoms with E-state index < -0.39 is 5.97 Å². The molecule has 1 N–H and O–H groups in total. The van der Waals surface area contributed by atoms with Crippen molar-refractivity contribution in [2.45, 2.75) is 20.0 Å². The summed E-state index contributed by atoms with van der Waals surface area (Å²) >= 11 is 0. The number of ether oxygens (including phenoxy) is 1. The van der Waals surface area contributed by atoms with Gasteiger partial charge in [-0.15, -0.1) is 0 Å². The van der Waals surface area contributed by atoms with E-state index in [0.717, 1.165) is 22.3 Å². The minimum atomic E-state index is -0.989. The number of hydrogen-bond donors (Lipinski definition) is 1. The first kappa shape index (κ1) is 16.8. The predicted molar refractivity (Wildman–Crippen MR) is 99.1 cm³/mol. The van der Waals surface area contributed by atoms with Gasteiger partial charge in [-0.05, 0) is 48.7 Å². The number of aryl methyl sites for hydroxylation is 1. The van der Waals surface area contributed by atoms with E-state index in [-0.39, 0.29) is 11.7 Å². The molecule has 0 aliphatic carbocycles. The first-order chi connectivity index (χ1) is 12.0. The van der Waals surface area contributed by atoms with Crippen LogP contribution in [-0.2, 0) is 0 Å². The summed E-state index contributed by atoms with van der Waals surface area (Å²) in [5.41, 5.74) is 4.59. The van der Waals surface area contributed by atoms with Gasteiger partial charge in [0.15, 0.2) is 0 Å². The molecule has 3 rings (SSSR count). The molecule has 0 saturated heterocycles. The monoisotopic (exact) mass is 332 g/mol. The van der Waals surface area contributed by atoms with Crippen LogP contribution in [0.15, 0.2) is 72.8 Å². The fourth-order valence-electron chi connectivity index (χ4n) is 2.85. The molecule has 126 valence electrons. The van der Waals surface area contributed by atoms with Gasteiger partial charge < -0.3 is 9.84 Å². The average Bonchev–Trinajstić information content (AvgIpc) is 2.62. The van der Waals surface area contributed by atoms with Crippen molar-refractivity contribution < 1.29 is 14.6 Å². The van der Waals surface area contributed by atoms with Crippen molar-refractivity contribution in [2.75, 3.05) is 0 Å². The Morgan fingerprint density at radius 3 is 2.32 bits per heavy atom. The SMILES string of the molecule is Cc1cc(-c2ccccc2)cc(C(C)Oc2ccccc2C(=O)O)c1. The standard InChI is InChI=1S/C22H20O3/c1-15-12-18(14-19(13-15)17-8-4-3-5-9-17)16(2)25-21-11-7-6-10-20(21)22(23)24/h3-14,16H,1-2H3,(H,23,24). The molecule has 1 unspecified atom stereocenters. The smallest absolute Gasteiger partial charge is 0.339 e. The molecule has 0 aromatic heterocycles. The predicted octanol–water partition coefficient (Wildman–Crippen LogP) is 5.50. The number of hydrogen-bond acceptors (Lipinski definition) is 2. The van der Waals surface area contributed by atoms with Gasteiger partial charge in [-0.1, -0.05) is 60.2 Å². The van der Waals surface area contributed by atoms with E-state index in [4.69, 9.17) is 4.74 Å². The van der Waals surface area contributed by atoms with E-state index in [9.17, 15) is 9.90 Å². The van der Waals surface area contributed by atoms with Crippen molar-refractivity contribution in [3.63, 3.8) is 0 Å². The van der Waals surface area contributed by atoms with Crippen molar-refractivity contribution in [3.05, 3.63) is 89.5 Å². The van der Waals surface area contributed by atoms with Crippen LogP contribution in [0.1, 0.15) is 34.5 Å². The lowest BCUT2D eigenvalue weighted by Crippen LogP contribution is -2.07. The van der Waals surface area contributed by atoms with Crippen LogP contribution in [0.25, 0.3) is 11.1 Å². The van der Waals surface area contributed by atoms with Crippen LogP contribution in [0.4, 0.5) is 0 Å². The second-order valence-corrected chi connectivity index (χ2v) is 6.06. The first-order valence-electron chi connectivity index (χ1n) is 8.20. The van der Waals surface area contributed by atoms with Crippen molar-refractivity contribution in [2.24, 2.45) is 0 Å². The Morgan fingerprint density at radius 1 is 0.920 bits per heavy atom. The van der Waals surface area contributed by atoms with Gasteiger partial charge in [-0.2, -0.15) is 0 Å². The Balaban J connectivity index is 1.92. The molecule has 0 spiro atoms. The summed E-state index contributed by atoms with van der Waals surface area (Å²) in [5, 5.41) is 9.31. The summed E-state index contributed by atoms with van der Waals surface area (Å²) < 4.78 is 5.96. The van der Waals surface area contributed by atoms with E-state index in [1.54, 1.807) is 24.3 Å². The van der Waals surface area contributed by atoms with Gasteiger partial charge in [0.25, 0.3) is 0 Å². The third-order valence-electron chi connectivity index (χ3n) is 4.10. The molecule has 0 fully saturated rings. The van der Waals surface area contributed by atoms with E-state index in [1.165, 1.54) is 0 Å². The normalized spacial score (nSPS) is 11.8. The molecule has 0 aliphatic heterocycles. The quantitative estimate of drug-likeness (QED) is 0.671. The number of rotatable bonds is 5. The van der Waals surface area contributed by atoms with Gasteiger partial charge in [0.2, 0.25) is 0 Å². The van der Waals surface area contributed by atoms with E-state index in [2.05, 4.69) is 30.3 Å². The van der Waals surface area contributed by atoms with Crippen molar-refractivity contribution in [1.29, 1.82) is 0 Å². The highest BCUT2D eigenvalue weighted by atomic mass is 16.5.